The van der Waals surface area contributed by atoms with Gasteiger partial charge in [-0.05, 0) is 23.6 Å². The zero-order valence-corrected chi connectivity index (χ0v) is 13.1. The normalized spacial score (nSPS) is 12.1. The van der Waals surface area contributed by atoms with E-state index in [2.05, 4.69) is 4.99 Å². The highest BCUT2D eigenvalue weighted by Gasteiger charge is 2.09. The van der Waals surface area contributed by atoms with Gasteiger partial charge in [-0.25, -0.2) is 0 Å². The van der Waals surface area contributed by atoms with Crippen LogP contribution in [-0.4, -0.2) is 24.2 Å². The number of hydrogen-bond acceptors (Lipinski definition) is 4. The number of hydrogen-bond donors (Lipinski definition) is 0. The van der Waals surface area contributed by atoms with Crippen LogP contribution in [0.4, 0.5) is 0 Å². The summed E-state index contributed by atoms with van der Waals surface area (Å²) in [5, 5.41) is 1.88. The van der Waals surface area contributed by atoms with Crippen LogP contribution in [0.5, 0.6) is 0 Å². The Morgan fingerprint density at radius 1 is 1.29 bits per heavy atom. The molecule has 0 unspecified atom stereocenters. The summed E-state index contributed by atoms with van der Waals surface area (Å²) in [7, 11) is 1.67. The van der Waals surface area contributed by atoms with Gasteiger partial charge in [-0.1, -0.05) is 29.5 Å². The maximum atomic E-state index is 12.2. The summed E-state index contributed by atoms with van der Waals surface area (Å²) < 4.78 is 8.31. The van der Waals surface area contributed by atoms with Crippen LogP contribution in [0.15, 0.2) is 46.8 Å². The van der Waals surface area contributed by atoms with Crippen molar-refractivity contribution in [2.75, 3.05) is 13.7 Å². The lowest BCUT2D eigenvalue weighted by Gasteiger charge is -2.03. The van der Waals surface area contributed by atoms with E-state index in [1.165, 1.54) is 22.7 Å². The van der Waals surface area contributed by atoms with E-state index in [9.17, 15) is 4.79 Å². The summed E-state index contributed by atoms with van der Waals surface area (Å²) in [6.07, 6.45) is 0. The first kappa shape index (κ1) is 14.2. The molecule has 6 heteroatoms. The topological polar surface area (TPSA) is 43.6 Å². The molecule has 3 rings (SSSR count). The van der Waals surface area contributed by atoms with Gasteiger partial charge >= 0.3 is 0 Å². The smallest absolute Gasteiger partial charge is 0.289 e. The molecule has 0 saturated heterocycles. The molecule has 0 fully saturated rings. The number of para-hydroxylation sites is 1. The van der Waals surface area contributed by atoms with Crippen molar-refractivity contribution >= 4 is 38.8 Å². The summed E-state index contributed by atoms with van der Waals surface area (Å²) in [6.45, 7) is 1.26. The highest BCUT2D eigenvalue weighted by atomic mass is 32.1. The van der Waals surface area contributed by atoms with E-state index in [0.29, 0.717) is 22.8 Å². The van der Waals surface area contributed by atoms with Crippen molar-refractivity contribution in [3.8, 4) is 0 Å². The SMILES string of the molecule is COCCn1c(=NC(=O)c2cccs2)sc2ccccc21. The molecule has 4 nitrogen and oxygen atoms in total. The average Bonchev–Trinajstić information content (AvgIpc) is 3.13. The zero-order chi connectivity index (χ0) is 14.7. The molecule has 3 aromatic rings. The lowest BCUT2D eigenvalue weighted by molar-refractivity contribution is 0.100. The Balaban J connectivity index is 2.10. The van der Waals surface area contributed by atoms with Gasteiger partial charge in [0.1, 0.15) is 0 Å². The molecule has 0 radical (unpaired) electrons. The van der Waals surface area contributed by atoms with Crippen molar-refractivity contribution in [1.29, 1.82) is 0 Å². The summed E-state index contributed by atoms with van der Waals surface area (Å²) in [5.74, 6) is -0.192. The van der Waals surface area contributed by atoms with Gasteiger partial charge in [0, 0.05) is 13.7 Å². The summed E-state index contributed by atoms with van der Waals surface area (Å²) in [4.78, 5) is 17.8. The molecule has 1 amide bonds. The largest absolute Gasteiger partial charge is 0.383 e. The second-order valence-corrected chi connectivity index (χ2v) is 6.35. The fraction of sp³-hybridized carbons (Fsp3) is 0.200. The molecule has 0 spiro atoms. The van der Waals surface area contributed by atoms with E-state index in [4.69, 9.17) is 4.74 Å². The number of amides is 1. The number of carbonyl (C=O) groups excluding carboxylic acids is 1. The van der Waals surface area contributed by atoms with Crippen molar-refractivity contribution in [3.63, 3.8) is 0 Å². The van der Waals surface area contributed by atoms with Crippen LogP contribution in [0, 0.1) is 0 Å². The highest BCUT2D eigenvalue weighted by molar-refractivity contribution is 7.16. The zero-order valence-electron chi connectivity index (χ0n) is 11.5. The standard InChI is InChI=1S/C15H14N2O2S2/c1-19-9-8-17-11-5-2-3-6-12(11)21-15(17)16-14(18)13-7-4-10-20-13/h2-7,10H,8-9H2,1H3. The Morgan fingerprint density at radius 2 is 2.14 bits per heavy atom. The van der Waals surface area contributed by atoms with Crippen LogP contribution in [0.1, 0.15) is 9.67 Å². The maximum Gasteiger partial charge on any atom is 0.289 e. The van der Waals surface area contributed by atoms with Gasteiger partial charge in [-0.2, -0.15) is 4.99 Å². The van der Waals surface area contributed by atoms with Crippen LogP contribution in [0.25, 0.3) is 10.2 Å². The summed E-state index contributed by atoms with van der Waals surface area (Å²) in [5.41, 5.74) is 1.08. The van der Waals surface area contributed by atoms with Gasteiger partial charge in [-0.15, -0.1) is 11.3 Å². The van der Waals surface area contributed by atoms with Crippen LogP contribution < -0.4 is 4.80 Å². The van der Waals surface area contributed by atoms with Gasteiger partial charge in [0.2, 0.25) is 0 Å². The van der Waals surface area contributed by atoms with Gasteiger partial charge in [-0.3, -0.25) is 4.79 Å². The van der Waals surface area contributed by atoms with Crippen molar-refractivity contribution in [2.24, 2.45) is 4.99 Å². The van der Waals surface area contributed by atoms with E-state index >= 15 is 0 Å². The molecule has 108 valence electrons. The van der Waals surface area contributed by atoms with Crippen molar-refractivity contribution in [1.82, 2.24) is 4.57 Å². The third-order valence-electron chi connectivity index (χ3n) is 3.04. The van der Waals surface area contributed by atoms with Crippen LogP contribution in [0.2, 0.25) is 0 Å². The second-order valence-electron chi connectivity index (χ2n) is 4.39. The predicted molar refractivity (Wildman–Crippen MR) is 85.9 cm³/mol. The van der Waals surface area contributed by atoms with E-state index < -0.39 is 0 Å². The van der Waals surface area contributed by atoms with E-state index in [1.54, 1.807) is 13.2 Å². The molecule has 0 aliphatic rings. The Hall–Kier alpha value is -1.76. The highest BCUT2D eigenvalue weighted by Crippen LogP contribution is 2.17. The molecule has 1 aromatic carbocycles. The minimum Gasteiger partial charge on any atom is -0.383 e. The average molecular weight is 318 g/mol. The Kier molecular flexibility index (Phi) is 4.28. The molecule has 21 heavy (non-hydrogen) atoms. The van der Waals surface area contributed by atoms with Gasteiger partial charge in [0.25, 0.3) is 5.91 Å². The van der Waals surface area contributed by atoms with Crippen molar-refractivity contribution < 1.29 is 9.53 Å². The molecule has 0 aliphatic heterocycles. The molecule has 0 atom stereocenters. The summed E-state index contributed by atoms with van der Waals surface area (Å²) in [6, 6.07) is 11.7. The number of methoxy groups -OCH3 is 1. The van der Waals surface area contributed by atoms with Gasteiger partial charge in [0.15, 0.2) is 4.80 Å². The molecule has 0 saturated carbocycles. The number of carbonyl (C=O) groups is 1. The number of aromatic nitrogens is 1. The van der Waals surface area contributed by atoms with Crippen LogP contribution >= 0.6 is 22.7 Å². The van der Waals surface area contributed by atoms with Gasteiger partial charge < -0.3 is 9.30 Å². The molecular formula is C15H14N2O2S2. The second kappa shape index (κ2) is 6.34. The minimum atomic E-state index is -0.192. The minimum absolute atomic E-state index is 0.192. The molecule has 2 aromatic heterocycles. The molecule has 0 aliphatic carbocycles. The number of ether oxygens (including phenoxy) is 1. The van der Waals surface area contributed by atoms with E-state index in [0.717, 1.165) is 10.2 Å². The Morgan fingerprint density at radius 3 is 2.90 bits per heavy atom. The molecule has 2 heterocycles. The number of rotatable bonds is 4. The third kappa shape index (κ3) is 2.97. The number of nitrogens with zero attached hydrogens (tertiary/aromatic N) is 2. The van der Waals surface area contributed by atoms with Gasteiger partial charge in [0.05, 0.1) is 21.7 Å². The number of thiophene rings is 1. The molecule has 0 bridgehead atoms. The first-order valence-electron chi connectivity index (χ1n) is 6.49. The number of benzene rings is 1. The van der Waals surface area contributed by atoms with Crippen LogP contribution in [-0.2, 0) is 11.3 Å². The third-order valence-corrected chi connectivity index (χ3v) is 4.95. The Bertz CT molecular complexity index is 816. The maximum absolute atomic E-state index is 12.2. The fourth-order valence-corrected chi connectivity index (χ4v) is 3.71. The van der Waals surface area contributed by atoms with E-state index in [-0.39, 0.29) is 5.91 Å². The monoisotopic (exact) mass is 318 g/mol. The summed E-state index contributed by atoms with van der Waals surface area (Å²) >= 11 is 2.93. The van der Waals surface area contributed by atoms with Crippen molar-refractivity contribution in [3.05, 3.63) is 51.5 Å². The Labute approximate surface area is 130 Å². The fourth-order valence-electron chi connectivity index (χ4n) is 2.05. The first-order chi connectivity index (χ1) is 10.3. The lowest BCUT2D eigenvalue weighted by atomic mass is 10.3. The quantitative estimate of drug-likeness (QED) is 0.741. The molecule has 0 N–H and O–H groups in total. The first-order valence-corrected chi connectivity index (χ1v) is 8.19. The predicted octanol–water partition coefficient (Wildman–Crippen LogP) is 3.15. The molecular weight excluding hydrogens is 304 g/mol. The number of fused-ring (bicyclic) bond motifs is 1. The number of thiazole rings is 1. The lowest BCUT2D eigenvalue weighted by Crippen LogP contribution is -2.19. The van der Waals surface area contributed by atoms with Crippen LogP contribution in [0.3, 0.4) is 0 Å². The van der Waals surface area contributed by atoms with E-state index in [1.807, 2.05) is 40.3 Å². The van der Waals surface area contributed by atoms with Crippen molar-refractivity contribution in [2.45, 2.75) is 6.54 Å².